The van der Waals surface area contributed by atoms with Crippen LogP contribution in [0.15, 0.2) is 4.99 Å². The van der Waals surface area contributed by atoms with Gasteiger partial charge in [0.2, 0.25) is 0 Å². The van der Waals surface area contributed by atoms with Crippen LogP contribution in [0.4, 0.5) is 0 Å². The van der Waals surface area contributed by atoms with Crippen molar-refractivity contribution in [1.29, 1.82) is 0 Å². The van der Waals surface area contributed by atoms with Gasteiger partial charge in [-0.3, -0.25) is 4.99 Å². The van der Waals surface area contributed by atoms with Crippen molar-refractivity contribution in [3.8, 4) is 0 Å². The summed E-state index contributed by atoms with van der Waals surface area (Å²) in [6.45, 7) is 14.4. The van der Waals surface area contributed by atoms with E-state index in [2.05, 4.69) is 29.0 Å². The lowest BCUT2D eigenvalue weighted by atomic mass is 9.87. The number of hydrogen-bond donors (Lipinski definition) is 1. The normalized spacial score (nSPS) is 29.0. The smallest absolute Gasteiger partial charge is 0.193 e. The van der Waals surface area contributed by atoms with Crippen molar-refractivity contribution in [2.24, 2.45) is 16.3 Å². The minimum absolute atomic E-state index is 0.404. The van der Waals surface area contributed by atoms with Crippen LogP contribution < -0.4 is 5.32 Å². The van der Waals surface area contributed by atoms with Gasteiger partial charge in [-0.1, -0.05) is 6.92 Å². The molecule has 3 aliphatic rings. The molecule has 0 aromatic carbocycles. The van der Waals surface area contributed by atoms with Crippen molar-refractivity contribution in [3.05, 3.63) is 0 Å². The van der Waals surface area contributed by atoms with E-state index in [9.17, 15) is 0 Å². The summed E-state index contributed by atoms with van der Waals surface area (Å²) < 4.78 is 5.66. The van der Waals surface area contributed by atoms with E-state index in [1.54, 1.807) is 0 Å². The number of piperidine rings is 1. The first kappa shape index (κ1) is 19.0. The first-order chi connectivity index (χ1) is 12.2. The van der Waals surface area contributed by atoms with E-state index in [1.165, 1.54) is 58.2 Å². The van der Waals surface area contributed by atoms with Crippen molar-refractivity contribution >= 4 is 5.96 Å². The Balaban J connectivity index is 1.38. The van der Waals surface area contributed by atoms with E-state index >= 15 is 0 Å². The van der Waals surface area contributed by atoms with Gasteiger partial charge in [-0.2, -0.15) is 0 Å². The highest BCUT2D eigenvalue weighted by Gasteiger charge is 2.42. The van der Waals surface area contributed by atoms with Crippen molar-refractivity contribution in [2.45, 2.75) is 52.4 Å². The van der Waals surface area contributed by atoms with Crippen molar-refractivity contribution in [2.75, 3.05) is 59.0 Å². The molecule has 0 radical (unpaired) electrons. The molecule has 3 saturated heterocycles. The Morgan fingerprint density at radius 3 is 2.76 bits per heavy atom. The van der Waals surface area contributed by atoms with Crippen LogP contribution in [0.3, 0.4) is 0 Å². The van der Waals surface area contributed by atoms with Crippen LogP contribution in [0.1, 0.15) is 52.4 Å². The number of ether oxygens (including phenoxy) is 1. The summed E-state index contributed by atoms with van der Waals surface area (Å²) in [5, 5.41) is 3.50. The molecule has 5 nitrogen and oxygen atoms in total. The molecule has 5 heteroatoms. The molecule has 0 saturated carbocycles. The number of likely N-dealkylation sites (tertiary alicyclic amines) is 2. The zero-order valence-corrected chi connectivity index (χ0v) is 16.4. The van der Waals surface area contributed by atoms with Crippen LogP contribution >= 0.6 is 0 Å². The topological polar surface area (TPSA) is 40.1 Å². The zero-order chi connectivity index (χ0) is 17.5. The van der Waals surface area contributed by atoms with Crippen molar-refractivity contribution in [3.63, 3.8) is 0 Å². The molecule has 1 N–H and O–H groups in total. The Bertz CT molecular complexity index is 425. The molecule has 0 amide bonds. The number of unbranched alkanes of at least 4 members (excludes halogenated alkanes) is 1. The van der Waals surface area contributed by atoms with E-state index in [-0.39, 0.29) is 0 Å². The summed E-state index contributed by atoms with van der Waals surface area (Å²) in [5.41, 5.74) is 0.404. The van der Waals surface area contributed by atoms with Gasteiger partial charge in [0.05, 0.1) is 6.61 Å². The number of rotatable bonds is 6. The summed E-state index contributed by atoms with van der Waals surface area (Å²) in [5.74, 6) is 2.05. The van der Waals surface area contributed by atoms with Gasteiger partial charge in [-0.15, -0.1) is 0 Å². The Morgan fingerprint density at radius 2 is 2.04 bits per heavy atom. The molecule has 1 unspecified atom stereocenters. The minimum Gasteiger partial charge on any atom is -0.381 e. The Morgan fingerprint density at radius 1 is 1.20 bits per heavy atom. The summed E-state index contributed by atoms with van der Waals surface area (Å²) >= 11 is 0. The molecular formula is C20H38N4O. The molecule has 1 atom stereocenters. The summed E-state index contributed by atoms with van der Waals surface area (Å²) in [4.78, 5) is 10.0. The fraction of sp³-hybridized carbons (Fsp3) is 0.950. The molecular weight excluding hydrogens is 312 g/mol. The Labute approximate surface area is 154 Å². The molecule has 0 bridgehead atoms. The quantitative estimate of drug-likeness (QED) is 0.454. The highest BCUT2D eigenvalue weighted by molar-refractivity contribution is 5.80. The second-order valence-corrected chi connectivity index (χ2v) is 8.44. The maximum Gasteiger partial charge on any atom is 0.193 e. The largest absolute Gasteiger partial charge is 0.381 e. The molecule has 0 aromatic rings. The van der Waals surface area contributed by atoms with E-state index < -0.39 is 0 Å². The number of nitrogens with one attached hydrogen (secondary N) is 1. The third-order valence-corrected chi connectivity index (χ3v) is 6.28. The van der Waals surface area contributed by atoms with Crippen LogP contribution in [0.25, 0.3) is 0 Å². The van der Waals surface area contributed by atoms with Gasteiger partial charge in [0.1, 0.15) is 0 Å². The SMILES string of the molecule is CCNC(=NCCCCN1CCC(C)CC1)N1CCC2(CCOC2)C1. The fourth-order valence-corrected chi connectivity index (χ4v) is 4.43. The number of aliphatic imine (C=N–C) groups is 1. The minimum atomic E-state index is 0.404. The predicted octanol–water partition coefficient (Wildman–Crippen LogP) is 2.58. The first-order valence-electron chi connectivity index (χ1n) is 10.5. The third kappa shape index (κ3) is 5.33. The highest BCUT2D eigenvalue weighted by atomic mass is 16.5. The standard InChI is InChI=1S/C20H38N4O/c1-3-21-19(24-14-8-20(16-24)9-15-25-17-20)22-10-4-5-11-23-12-6-18(2)7-13-23/h18H,3-17H2,1-2H3,(H,21,22). The van der Waals surface area contributed by atoms with Gasteiger partial charge < -0.3 is 19.9 Å². The Hall–Kier alpha value is -0.810. The zero-order valence-electron chi connectivity index (χ0n) is 16.4. The fourth-order valence-electron chi connectivity index (χ4n) is 4.43. The monoisotopic (exact) mass is 350 g/mol. The molecule has 25 heavy (non-hydrogen) atoms. The maximum atomic E-state index is 5.66. The molecule has 0 aliphatic carbocycles. The first-order valence-corrected chi connectivity index (χ1v) is 10.5. The third-order valence-electron chi connectivity index (χ3n) is 6.28. The van der Waals surface area contributed by atoms with E-state index in [4.69, 9.17) is 9.73 Å². The second-order valence-electron chi connectivity index (χ2n) is 8.44. The highest BCUT2D eigenvalue weighted by Crippen LogP contribution is 2.38. The summed E-state index contributed by atoms with van der Waals surface area (Å²) in [6, 6.07) is 0. The molecule has 3 fully saturated rings. The molecule has 3 heterocycles. The average Bonchev–Trinajstić information content (AvgIpc) is 3.25. The number of hydrogen-bond acceptors (Lipinski definition) is 3. The van der Waals surface area contributed by atoms with Gasteiger partial charge in [0.25, 0.3) is 0 Å². The molecule has 3 aliphatic heterocycles. The molecule has 1 spiro atoms. The van der Waals surface area contributed by atoms with E-state index in [0.29, 0.717) is 5.41 Å². The maximum absolute atomic E-state index is 5.66. The van der Waals surface area contributed by atoms with Crippen LogP contribution in [-0.2, 0) is 4.74 Å². The number of guanidine groups is 1. The lowest BCUT2D eigenvalue weighted by molar-refractivity contribution is 0.156. The number of nitrogens with zero attached hydrogens (tertiary/aromatic N) is 3. The van der Waals surface area contributed by atoms with Gasteiger partial charge in [-0.05, 0) is 71.0 Å². The van der Waals surface area contributed by atoms with Gasteiger partial charge in [0.15, 0.2) is 5.96 Å². The Kier molecular flexibility index (Phi) is 7.00. The van der Waals surface area contributed by atoms with Gasteiger partial charge in [0, 0.05) is 38.2 Å². The predicted molar refractivity (Wildman–Crippen MR) is 104 cm³/mol. The summed E-state index contributed by atoms with van der Waals surface area (Å²) in [7, 11) is 0. The van der Waals surface area contributed by atoms with Crippen LogP contribution in [0, 0.1) is 11.3 Å². The lowest BCUT2D eigenvalue weighted by Crippen LogP contribution is -2.41. The van der Waals surface area contributed by atoms with E-state index in [1.807, 2.05) is 0 Å². The second kappa shape index (κ2) is 9.22. The van der Waals surface area contributed by atoms with Gasteiger partial charge >= 0.3 is 0 Å². The summed E-state index contributed by atoms with van der Waals surface area (Å²) in [6.07, 6.45) is 7.70. The average molecular weight is 351 g/mol. The van der Waals surface area contributed by atoms with Gasteiger partial charge in [-0.25, -0.2) is 0 Å². The van der Waals surface area contributed by atoms with Crippen LogP contribution in [-0.4, -0.2) is 74.8 Å². The molecule has 0 aromatic heterocycles. The van der Waals surface area contributed by atoms with Crippen LogP contribution in [0.5, 0.6) is 0 Å². The van der Waals surface area contributed by atoms with Crippen molar-refractivity contribution in [1.82, 2.24) is 15.1 Å². The van der Waals surface area contributed by atoms with Crippen molar-refractivity contribution < 1.29 is 4.74 Å². The van der Waals surface area contributed by atoms with Crippen LogP contribution in [0.2, 0.25) is 0 Å². The van der Waals surface area contributed by atoms with E-state index in [0.717, 1.165) is 51.3 Å². The molecule has 144 valence electrons. The molecule has 3 rings (SSSR count). The lowest BCUT2D eigenvalue weighted by Gasteiger charge is -2.30.